The summed E-state index contributed by atoms with van der Waals surface area (Å²) in [6, 6.07) is 14.4. The Kier molecular flexibility index (Phi) is 6.02. The van der Waals surface area contributed by atoms with Crippen LogP contribution in [-0.4, -0.2) is 34.3 Å². The number of imide groups is 1. The molecule has 0 atom stereocenters. The fourth-order valence-corrected chi connectivity index (χ4v) is 3.85. The van der Waals surface area contributed by atoms with Gasteiger partial charge in [-0.3, -0.25) is 10.1 Å². The molecule has 1 heterocycles. The van der Waals surface area contributed by atoms with Crippen molar-refractivity contribution in [2.24, 2.45) is 0 Å². The normalized spacial score (nSPS) is 12.2. The van der Waals surface area contributed by atoms with Crippen molar-refractivity contribution in [1.29, 1.82) is 0 Å². The molecule has 1 aromatic heterocycles. The van der Waals surface area contributed by atoms with E-state index >= 15 is 0 Å². The van der Waals surface area contributed by atoms with Crippen LogP contribution in [0, 0.1) is 13.8 Å². The maximum absolute atomic E-state index is 12.6. The Labute approximate surface area is 185 Å². The zero-order chi connectivity index (χ0) is 22.7. The lowest BCUT2D eigenvalue weighted by Gasteiger charge is -2.10. The van der Waals surface area contributed by atoms with Crippen LogP contribution < -0.4 is 10.6 Å². The van der Waals surface area contributed by atoms with Crippen LogP contribution in [0.4, 0.5) is 10.5 Å². The first-order valence-corrected chi connectivity index (χ1v) is 10.4. The van der Waals surface area contributed by atoms with Gasteiger partial charge in [0.25, 0.3) is 5.91 Å². The van der Waals surface area contributed by atoms with Crippen LogP contribution in [0.25, 0.3) is 5.69 Å². The average Bonchev–Trinajstić information content (AvgIpc) is 3.37. The molecule has 0 fully saturated rings. The second-order valence-electron chi connectivity index (χ2n) is 7.77. The first kappa shape index (κ1) is 21.3. The van der Waals surface area contributed by atoms with Gasteiger partial charge in [-0.15, -0.1) is 0 Å². The van der Waals surface area contributed by atoms with Gasteiger partial charge in [0.05, 0.1) is 5.69 Å². The molecule has 8 nitrogen and oxygen atoms in total. The number of nitrogens with zero attached hydrogens (tertiary/aromatic N) is 2. The van der Waals surface area contributed by atoms with E-state index in [9.17, 15) is 14.4 Å². The minimum Gasteiger partial charge on any atom is -0.451 e. The van der Waals surface area contributed by atoms with Gasteiger partial charge in [-0.1, -0.05) is 35.9 Å². The zero-order valence-corrected chi connectivity index (χ0v) is 18.0. The Hall–Kier alpha value is -3.94. The number of aromatic nitrogens is 2. The molecule has 3 amide bonds. The molecule has 8 heteroatoms. The number of ether oxygens (including phenoxy) is 1. The number of hydrogen-bond acceptors (Lipinski definition) is 5. The first-order chi connectivity index (χ1) is 15.4. The number of carbonyl (C=O) groups excluding carboxylic acids is 3. The van der Waals surface area contributed by atoms with Gasteiger partial charge in [-0.25, -0.2) is 14.3 Å². The number of fused-ring (bicyclic) bond motifs is 1. The highest BCUT2D eigenvalue weighted by Gasteiger charge is 2.28. The number of amides is 3. The number of carbonyl (C=O) groups is 3. The molecule has 0 saturated carbocycles. The molecule has 0 aliphatic heterocycles. The molecular weight excluding hydrogens is 408 g/mol. The average molecular weight is 432 g/mol. The highest BCUT2D eigenvalue weighted by atomic mass is 16.5. The van der Waals surface area contributed by atoms with Gasteiger partial charge in [0.1, 0.15) is 0 Å². The van der Waals surface area contributed by atoms with E-state index < -0.39 is 24.5 Å². The summed E-state index contributed by atoms with van der Waals surface area (Å²) in [4.78, 5) is 36.8. The third-order valence-corrected chi connectivity index (χ3v) is 5.34. The number of benzene rings is 2. The molecule has 0 spiro atoms. The maximum Gasteiger partial charge on any atom is 0.359 e. The van der Waals surface area contributed by atoms with Crippen molar-refractivity contribution in [3.63, 3.8) is 0 Å². The summed E-state index contributed by atoms with van der Waals surface area (Å²) < 4.78 is 6.91. The fourth-order valence-electron chi connectivity index (χ4n) is 3.85. The molecule has 1 aliphatic rings. The summed E-state index contributed by atoms with van der Waals surface area (Å²) in [5, 5.41) is 9.23. The van der Waals surface area contributed by atoms with Crippen LogP contribution in [-0.2, 0) is 22.4 Å². The SMILES string of the molecule is Cc1ccc(NC(=O)NC(=O)COC(=O)c2nn(-c3ccccc3)c3c2CCC3)c(C)c1. The third kappa shape index (κ3) is 4.54. The van der Waals surface area contributed by atoms with Crippen LogP contribution in [0.3, 0.4) is 0 Å². The Bertz CT molecular complexity index is 1180. The summed E-state index contributed by atoms with van der Waals surface area (Å²) in [6.07, 6.45) is 2.49. The van der Waals surface area contributed by atoms with Crippen LogP contribution in [0.5, 0.6) is 0 Å². The number of anilines is 1. The van der Waals surface area contributed by atoms with E-state index in [0.717, 1.165) is 47.3 Å². The van der Waals surface area contributed by atoms with Gasteiger partial charge in [0.2, 0.25) is 0 Å². The number of rotatable bonds is 5. The summed E-state index contributed by atoms with van der Waals surface area (Å²) >= 11 is 0. The Balaban J connectivity index is 1.37. The summed E-state index contributed by atoms with van der Waals surface area (Å²) in [5.41, 5.74) is 5.46. The van der Waals surface area contributed by atoms with Crippen molar-refractivity contribution in [3.8, 4) is 5.69 Å². The molecule has 3 aromatic rings. The number of nitrogens with one attached hydrogen (secondary N) is 2. The molecule has 32 heavy (non-hydrogen) atoms. The van der Waals surface area contributed by atoms with Crippen molar-refractivity contribution in [2.75, 3.05) is 11.9 Å². The zero-order valence-electron chi connectivity index (χ0n) is 18.0. The lowest BCUT2D eigenvalue weighted by atomic mass is 10.1. The third-order valence-electron chi connectivity index (χ3n) is 5.34. The van der Waals surface area contributed by atoms with Crippen LogP contribution in [0.2, 0.25) is 0 Å². The minimum absolute atomic E-state index is 0.217. The standard InChI is InChI=1S/C24H24N4O4/c1-15-11-12-19(16(2)13-15)25-24(31)26-21(29)14-32-23(30)22-18-9-6-10-20(18)28(27-22)17-7-4-3-5-8-17/h3-5,7-8,11-13H,6,9-10,14H2,1-2H3,(H2,25,26,29,31). The summed E-state index contributed by atoms with van der Waals surface area (Å²) in [6.45, 7) is 3.23. The monoisotopic (exact) mass is 432 g/mol. The Morgan fingerprint density at radius 3 is 2.59 bits per heavy atom. The molecule has 0 radical (unpaired) electrons. The lowest BCUT2D eigenvalue weighted by Crippen LogP contribution is -2.37. The summed E-state index contributed by atoms with van der Waals surface area (Å²) in [5.74, 6) is -1.40. The molecule has 4 rings (SSSR count). The Morgan fingerprint density at radius 2 is 1.84 bits per heavy atom. The first-order valence-electron chi connectivity index (χ1n) is 10.4. The van der Waals surface area contributed by atoms with E-state index in [-0.39, 0.29) is 5.69 Å². The fraction of sp³-hybridized carbons (Fsp3) is 0.250. The molecule has 0 saturated heterocycles. The molecule has 0 bridgehead atoms. The largest absolute Gasteiger partial charge is 0.451 e. The van der Waals surface area contributed by atoms with E-state index in [4.69, 9.17) is 4.74 Å². The quantitative estimate of drug-likeness (QED) is 0.601. The maximum atomic E-state index is 12.6. The lowest BCUT2D eigenvalue weighted by molar-refractivity contribution is -0.123. The smallest absolute Gasteiger partial charge is 0.359 e. The highest BCUT2D eigenvalue weighted by Crippen LogP contribution is 2.28. The molecule has 0 unspecified atom stereocenters. The van der Waals surface area contributed by atoms with Crippen LogP contribution in [0.1, 0.15) is 39.3 Å². The predicted octanol–water partition coefficient (Wildman–Crippen LogP) is 3.48. The number of urea groups is 1. The van der Waals surface area contributed by atoms with Gasteiger partial charge in [-0.05, 0) is 56.9 Å². The minimum atomic E-state index is -0.722. The van der Waals surface area contributed by atoms with Gasteiger partial charge >= 0.3 is 12.0 Å². The van der Waals surface area contributed by atoms with Crippen molar-refractivity contribution < 1.29 is 19.1 Å². The van der Waals surface area contributed by atoms with Crippen molar-refractivity contribution in [3.05, 3.63) is 76.6 Å². The van der Waals surface area contributed by atoms with Crippen LogP contribution >= 0.6 is 0 Å². The van der Waals surface area contributed by atoms with Gasteiger partial charge < -0.3 is 10.1 Å². The second-order valence-corrected chi connectivity index (χ2v) is 7.77. The predicted molar refractivity (Wildman–Crippen MR) is 119 cm³/mol. The Morgan fingerprint density at radius 1 is 1.06 bits per heavy atom. The second kappa shape index (κ2) is 9.05. The molecular formula is C24H24N4O4. The number of aryl methyl sites for hydroxylation is 2. The molecule has 1 aliphatic carbocycles. The van der Waals surface area contributed by atoms with E-state index in [1.165, 1.54) is 0 Å². The highest BCUT2D eigenvalue weighted by molar-refractivity contribution is 6.02. The van der Waals surface area contributed by atoms with Crippen LogP contribution in [0.15, 0.2) is 48.5 Å². The molecule has 164 valence electrons. The van der Waals surface area contributed by atoms with E-state index in [1.807, 2.05) is 56.3 Å². The van der Waals surface area contributed by atoms with Crippen molar-refractivity contribution >= 4 is 23.6 Å². The summed E-state index contributed by atoms with van der Waals surface area (Å²) in [7, 11) is 0. The van der Waals surface area contributed by atoms with E-state index in [2.05, 4.69) is 15.7 Å². The number of para-hydroxylation sites is 1. The van der Waals surface area contributed by atoms with Crippen molar-refractivity contribution in [1.82, 2.24) is 15.1 Å². The van der Waals surface area contributed by atoms with Gasteiger partial charge in [-0.2, -0.15) is 5.10 Å². The number of esters is 1. The molecule has 2 aromatic carbocycles. The topological polar surface area (TPSA) is 102 Å². The van der Waals surface area contributed by atoms with E-state index in [0.29, 0.717) is 5.69 Å². The van der Waals surface area contributed by atoms with Crippen molar-refractivity contribution in [2.45, 2.75) is 33.1 Å². The van der Waals surface area contributed by atoms with Gasteiger partial charge in [0.15, 0.2) is 12.3 Å². The molecule has 2 N–H and O–H groups in total. The van der Waals surface area contributed by atoms with Gasteiger partial charge in [0, 0.05) is 16.9 Å². The number of hydrogen-bond donors (Lipinski definition) is 2. The van der Waals surface area contributed by atoms with E-state index in [1.54, 1.807) is 10.7 Å².